The minimum Gasteiger partial charge on any atom is -0.369 e. The van der Waals surface area contributed by atoms with Crippen molar-refractivity contribution in [3.05, 3.63) is 42.0 Å². The second-order valence-corrected chi connectivity index (χ2v) is 8.04. The molecule has 5 atom stereocenters. The molecular weight excluding hydrogens is 286 g/mol. The molecule has 1 saturated heterocycles. The topological polar surface area (TPSA) is 41.6 Å². The van der Waals surface area contributed by atoms with Crippen molar-refractivity contribution < 1.29 is 9.53 Å². The third-order valence-electron chi connectivity index (χ3n) is 5.95. The van der Waals surface area contributed by atoms with Gasteiger partial charge in [-0.1, -0.05) is 30.4 Å². The molecule has 2 aliphatic carbocycles. The molecule has 1 heterocycles. The summed E-state index contributed by atoms with van der Waals surface area (Å²) < 4.78 is 5.69. The Morgan fingerprint density at radius 2 is 2.09 bits per heavy atom. The number of fused-ring (bicyclic) bond motifs is 5. The van der Waals surface area contributed by atoms with Gasteiger partial charge < -0.3 is 10.1 Å². The van der Waals surface area contributed by atoms with Crippen molar-refractivity contribution >= 4 is 11.5 Å². The Morgan fingerprint density at radius 1 is 1.30 bits per heavy atom. The number of hydrogen-bond donors (Lipinski definition) is 1. The van der Waals surface area contributed by atoms with Gasteiger partial charge in [0.15, 0.2) is 0 Å². The molecule has 1 aliphatic heterocycles. The highest BCUT2D eigenvalue weighted by Gasteiger charge is 2.64. The summed E-state index contributed by atoms with van der Waals surface area (Å²) in [5.41, 5.74) is 2.90. The van der Waals surface area contributed by atoms with E-state index in [1.54, 1.807) is 0 Å². The van der Waals surface area contributed by atoms with E-state index in [1.165, 1.54) is 6.42 Å². The van der Waals surface area contributed by atoms with Crippen LogP contribution in [0, 0.1) is 17.8 Å². The maximum absolute atomic E-state index is 12.8. The largest absolute Gasteiger partial charge is 0.369 e. The number of allylic oxidation sites excluding steroid dienone is 1. The van der Waals surface area contributed by atoms with Crippen molar-refractivity contribution in [2.24, 2.45) is 17.8 Å². The van der Waals surface area contributed by atoms with Gasteiger partial charge in [0.25, 0.3) is 0 Å². The molecule has 0 spiro atoms. The second-order valence-electron chi connectivity index (χ2n) is 8.04. The number of rotatable bonds is 4. The zero-order valence-corrected chi connectivity index (χ0v) is 14.1. The number of epoxide rings is 1. The predicted octanol–water partition coefficient (Wildman–Crippen LogP) is 3.49. The smallest absolute Gasteiger partial charge is 0.224 e. The van der Waals surface area contributed by atoms with Crippen LogP contribution in [0.5, 0.6) is 0 Å². The van der Waals surface area contributed by atoms with E-state index in [4.69, 9.17) is 4.74 Å². The fourth-order valence-corrected chi connectivity index (χ4v) is 4.55. The van der Waals surface area contributed by atoms with Gasteiger partial charge in [0.2, 0.25) is 5.91 Å². The third kappa shape index (κ3) is 2.42. The molecule has 5 unspecified atom stereocenters. The van der Waals surface area contributed by atoms with Crippen LogP contribution in [0.1, 0.15) is 44.7 Å². The minimum atomic E-state index is -0.381. The first kappa shape index (κ1) is 14.9. The quantitative estimate of drug-likeness (QED) is 0.865. The first-order valence-electron chi connectivity index (χ1n) is 8.61. The number of carbonyl (C=O) groups is 1. The Labute approximate surface area is 138 Å². The number of amides is 1. The van der Waals surface area contributed by atoms with Crippen LogP contribution in [0.15, 0.2) is 30.8 Å². The van der Waals surface area contributed by atoms with E-state index in [-0.39, 0.29) is 17.4 Å². The van der Waals surface area contributed by atoms with Gasteiger partial charge in [-0.15, -0.1) is 0 Å². The van der Waals surface area contributed by atoms with Crippen LogP contribution in [0.25, 0.3) is 5.57 Å². The fraction of sp³-hybridized carbons (Fsp3) is 0.550. The summed E-state index contributed by atoms with van der Waals surface area (Å²) in [7, 11) is 0. The number of hydrogen-bond acceptors (Lipinski definition) is 2. The van der Waals surface area contributed by atoms with Crippen molar-refractivity contribution in [2.45, 2.75) is 51.4 Å². The highest BCUT2D eigenvalue weighted by molar-refractivity contribution is 5.81. The Morgan fingerprint density at radius 3 is 2.74 bits per heavy atom. The number of carbonyl (C=O) groups excluding carboxylic acids is 1. The minimum absolute atomic E-state index is 0.132. The van der Waals surface area contributed by atoms with Gasteiger partial charge in [0.1, 0.15) is 0 Å². The van der Waals surface area contributed by atoms with E-state index in [9.17, 15) is 4.79 Å². The average Bonchev–Trinajstić information content (AvgIpc) is 3.11. The first-order chi connectivity index (χ1) is 10.9. The summed E-state index contributed by atoms with van der Waals surface area (Å²) >= 11 is 0. The fourth-order valence-electron chi connectivity index (χ4n) is 4.55. The molecule has 3 nitrogen and oxygen atoms in total. The SMILES string of the molecule is C=C(C)c1cccc(C(C)(C)NC(=O)C2CC3CC2C2OC32)c1. The number of nitrogens with one attached hydrogen (secondary N) is 1. The van der Waals surface area contributed by atoms with Crippen LogP contribution in [0.3, 0.4) is 0 Å². The first-order valence-corrected chi connectivity index (χ1v) is 8.61. The predicted molar refractivity (Wildman–Crippen MR) is 90.7 cm³/mol. The summed E-state index contributed by atoms with van der Waals surface area (Å²) in [6.45, 7) is 10.2. The number of ether oxygens (including phenoxy) is 1. The molecule has 0 aromatic heterocycles. The molecule has 23 heavy (non-hydrogen) atoms. The Bertz CT molecular complexity index is 678. The molecule has 1 aromatic carbocycles. The van der Waals surface area contributed by atoms with Gasteiger partial charge in [-0.25, -0.2) is 0 Å². The van der Waals surface area contributed by atoms with Crippen molar-refractivity contribution in [1.29, 1.82) is 0 Å². The molecule has 0 radical (unpaired) electrons. The Hall–Kier alpha value is -1.61. The van der Waals surface area contributed by atoms with Crippen molar-refractivity contribution in [2.75, 3.05) is 0 Å². The van der Waals surface area contributed by atoms with Gasteiger partial charge in [-0.3, -0.25) is 4.79 Å². The zero-order chi connectivity index (χ0) is 16.4. The van der Waals surface area contributed by atoms with Crippen LogP contribution in [-0.2, 0) is 15.1 Å². The summed E-state index contributed by atoms with van der Waals surface area (Å²) in [5.74, 6) is 1.39. The normalized spacial score (nSPS) is 34.1. The molecule has 1 aromatic rings. The van der Waals surface area contributed by atoms with Gasteiger partial charge >= 0.3 is 0 Å². The molecule has 1 N–H and O–H groups in total. The lowest BCUT2D eigenvalue weighted by molar-refractivity contribution is -0.128. The molecule has 122 valence electrons. The van der Waals surface area contributed by atoms with Crippen LogP contribution >= 0.6 is 0 Å². The zero-order valence-electron chi connectivity index (χ0n) is 14.1. The average molecular weight is 311 g/mol. The molecule has 3 aliphatic rings. The monoisotopic (exact) mass is 311 g/mol. The molecule has 3 heteroatoms. The van der Waals surface area contributed by atoms with Gasteiger partial charge in [-0.05, 0) is 62.6 Å². The van der Waals surface area contributed by atoms with E-state index in [1.807, 2.05) is 13.0 Å². The summed E-state index contributed by atoms with van der Waals surface area (Å²) in [5, 5.41) is 3.28. The van der Waals surface area contributed by atoms with Gasteiger partial charge in [0.05, 0.1) is 17.7 Å². The van der Waals surface area contributed by atoms with E-state index < -0.39 is 0 Å². The lowest BCUT2D eigenvalue weighted by Crippen LogP contribution is -2.45. The van der Waals surface area contributed by atoms with Crippen molar-refractivity contribution in [3.63, 3.8) is 0 Å². The van der Waals surface area contributed by atoms with E-state index in [0.29, 0.717) is 24.0 Å². The number of benzene rings is 1. The van der Waals surface area contributed by atoms with E-state index >= 15 is 0 Å². The van der Waals surface area contributed by atoms with Crippen LogP contribution < -0.4 is 5.32 Å². The standard InChI is InChI=1S/C20H25NO2/c1-11(2)12-6-5-7-14(8-12)20(3,4)21-19(22)16-10-13-9-15(16)18-17(13)23-18/h5-8,13,15-18H,1,9-10H2,2-4H3,(H,21,22). The molecule has 3 fully saturated rings. The summed E-state index contributed by atoms with van der Waals surface area (Å²) in [6, 6.07) is 8.30. The van der Waals surface area contributed by atoms with E-state index in [0.717, 1.165) is 23.1 Å². The highest BCUT2D eigenvalue weighted by atomic mass is 16.6. The summed E-state index contributed by atoms with van der Waals surface area (Å²) in [4.78, 5) is 12.8. The summed E-state index contributed by atoms with van der Waals surface area (Å²) in [6.07, 6.45) is 3.03. The Kier molecular flexibility index (Phi) is 3.21. The van der Waals surface area contributed by atoms with Crippen LogP contribution in [0.2, 0.25) is 0 Å². The molecule has 4 rings (SSSR count). The van der Waals surface area contributed by atoms with E-state index in [2.05, 4.69) is 43.9 Å². The maximum Gasteiger partial charge on any atom is 0.224 e. The van der Waals surface area contributed by atoms with Crippen LogP contribution in [0.4, 0.5) is 0 Å². The third-order valence-corrected chi connectivity index (χ3v) is 5.95. The maximum atomic E-state index is 12.8. The van der Waals surface area contributed by atoms with Crippen LogP contribution in [-0.4, -0.2) is 18.1 Å². The molecular formula is C20H25NO2. The second kappa shape index (κ2) is 4.94. The highest BCUT2D eigenvalue weighted by Crippen LogP contribution is 2.58. The van der Waals surface area contributed by atoms with Crippen molar-refractivity contribution in [1.82, 2.24) is 5.32 Å². The molecule has 2 saturated carbocycles. The van der Waals surface area contributed by atoms with Crippen molar-refractivity contribution in [3.8, 4) is 0 Å². The molecule has 1 amide bonds. The lowest BCUT2D eigenvalue weighted by Gasteiger charge is -2.30. The molecule has 2 bridgehead atoms. The van der Waals surface area contributed by atoms with Gasteiger partial charge in [0, 0.05) is 5.92 Å². The lowest BCUT2D eigenvalue weighted by atomic mass is 9.86. The Balaban J connectivity index is 1.49. The van der Waals surface area contributed by atoms with Gasteiger partial charge in [-0.2, -0.15) is 0 Å².